The molecule has 0 saturated carbocycles. The van der Waals surface area contributed by atoms with Gasteiger partial charge in [0, 0.05) is 13.1 Å². The number of aromatic carboxylic acids is 1. The molecule has 20 heavy (non-hydrogen) atoms. The molecule has 1 aromatic heterocycles. The molecule has 1 aliphatic rings. The first-order valence-electron chi connectivity index (χ1n) is 6.47. The van der Waals surface area contributed by atoms with E-state index in [4.69, 9.17) is 9.84 Å². The Morgan fingerprint density at radius 2 is 2.35 bits per heavy atom. The first-order chi connectivity index (χ1) is 9.60. The molecular weight excluding hydrogens is 262 g/mol. The third kappa shape index (κ3) is 3.45. The Labute approximate surface area is 116 Å². The van der Waals surface area contributed by atoms with Gasteiger partial charge in [-0.3, -0.25) is 0 Å². The molecule has 2 N–H and O–H groups in total. The molecule has 1 unspecified atom stereocenters. The standard InChI is InChI=1S/C13H17N3O4/c1-2-10-8-16(5-6-20-10)13(19)15-9-3-4-11(12(17)18)14-7-9/h3-4,7,10H,2,5-6,8H2,1H3,(H,15,19)(H,17,18). The summed E-state index contributed by atoms with van der Waals surface area (Å²) in [5, 5.41) is 11.4. The molecule has 7 heteroatoms. The van der Waals surface area contributed by atoms with E-state index >= 15 is 0 Å². The number of carboxylic acids is 1. The minimum Gasteiger partial charge on any atom is -0.477 e. The van der Waals surface area contributed by atoms with Gasteiger partial charge in [0.05, 0.1) is 24.6 Å². The molecule has 1 aromatic rings. The van der Waals surface area contributed by atoms with Crippen LogP contribution in [0.4, 0.5) is 10.5 Å². The summed E-state index contributed by atoms with van der Waals surface area (Å²) in [6.07, 6.45) is 2.26. The Morgan fingerprint density at radius 1 is 1.55 bits per heavy atom. The number of carbonyl (C=O) groups excluding carboxylic acids is 1. The largest absolute Gasteiger partial charge is 0.477 e. The molecule has 1 saturated heterocycles. The van der Waals surface area contributed by atoms with Gasteiger partial charge >= 0.3 is 12.0 Å². The maximum Gasteiger partial charge on any atom is 0.354 e. The SMILES string of the molecule is CCC1CN(C(=O)Nc2ccc(C(=O)O)nc2)CCO1. The van der Waals surface area contributed by atoms with Crippen LogP contribution in [0, 0.1) is 0 Å². The van der Waals surface area contributed by atoms with E-state index in [1.54, 1.807) is 4.90 Å². The molecule has 2 heterocycles. The van der Waals surface area contributed by atoms with Crippen molar-refractivity contribution in [3.63, 3.8) is 0 Å². The second kappa shape index (κ2) is 6.33. The van der Waals surface area contributed by atoms with Crippen LogP contribution in [0.1, 0.15) is 23.8 Å². The topological polar surface area (TPSA) is 91.8 Å². The predicted octanol–water partition coefficient (Wildman–Crippen LogP) is 1.42. The Balaban J connectivity index is 1.95. The molecule has 108 valence electrons. The zero-order valence-corrected chi connectivity index (χ0v) is 11.2. The Morgan fingerprint density at radius 3 is 2.95 bits per heavy atom. The number of urea groups is 1. The lowest BCUT2D eigenvalue weighted by molar-refractivity contribution is -0.0134. The van der Waals surface area contributed by atoms with Crippen LogP contribution in [-0.4, -0.2) is 52.8 Å². The van der Waals surface area contributed by atoms with Crippen molar-refractivity contribution in [2.45, 2.75) is 19.4 Å². The number of nitrogens with zero attached hydrogens (tertiary/aromatic N) is 2. The normalized spacial score (nSPS) is 18.6. The van der Waals surface area contributed by atoms with Crippen LogP contribution in [-0.2, 0) is 4.74 Å². The van der Waals surface area contributed by atoms with Crippen molar-refractivity contribution in [2.75, 3.05) is 25.0 Å². The zero-order valence-electron chi connectivity index (χ0n) is 11.2. The number of aromatic nitrogens is 1. The van der Waals surface area contributed by atoms with Gasteiger partial charge < -0.3 is 20.1 Å². The third-order valence-electron chi connectivity index (χ3n) is 3.12. The lowest BCUT2D eigenvalue weighted by Gasteiger charge is -2.32. The fourth-order valence-corrected chi connectivity index (χ4v) is 1.95. The minimum atomic E-state index is -1.10. The lowest BCUT2D eigenvalue weighted by Crippen LogP contribution is -2.47. The number of amides is 2. The third-order valence-corrected chi connectivity index (χ3v) is 3.12. The van der Waals surface area contributed by atoms with Crippen molar-refractivity contribution in [1.82, 2.24) is 9.88 Å². The maximum absolute atomic E-state index is 12.1. The Hall–Kier alpha value is -2.15. The summed E-state index contributed by atoms with van der Waals surface area (Å²) in [4.78, 5) is 28.2. The summed E-state index contributed by atoms with van der Waals surface area (Å²) in [5.41, 5.74) is 0.417. The smallest absolute Gasteiger partial charge is 0.354 e. The molecule has 7 nitrogen and oxygen atoms in total. The monoisotopic (exact) mass is 279 g/mol. The van der Waals surface area contributed by atoms with E-state index in [1.807, 2.05) is 6.92 Å². The molecule has 0 radical (unpaired) electrons. The van der Waals surface area contributed by atoms with E-state index in [0.717, 1.165) is 6.42 Å². The summed E-state index contributed by atoms with van der Waals surface area (Å²) >= 11 is 0. The fourth-order valence-electron chi connectivity index (χ4n) is 1.95. The number of anilines is 1. The number of morpholine rings is 1. The van der Waals surface area contributed by atoms with Gasteiger partial charge in [0.25, 0.3) is 0 Å². The Kier molecular flexibility index (Phi) is 4.52. The maximum atomic E-state index is 12.1. The van der Waals surface area contributed by atoms with Gasteiger partial charge in [-0.25, -0.2) is 14.6 Å². The van der Waals surface area contributed by atoms with Crippen LogP contribution in [0.15, 0.2) is 18.3 Å². The van der Waals surface area contributed by atoms with Gasteiger partial charge in [0.2, 0.25) is 0 Å². The van der Waals surface area contributed by atoms with Gasteiger partial charge in [-0.1, -0.05) is 6.92 Å². The average molecular weight is 279 g/mol. The number of hydrogen-bond acceptors (Lipinski definition) is 4. The molecule has 1 fully saturated rings. The van der Waals surface area contributed by atoms with Crippen LogP contribution in [0.2, 0.25) is 0 Å². The molecule has 2 amide bonds. The quantitative estimate of drug-likeness (QED) is 0.873. The fraction of sp³-hybridized carbons (Fsp3) is 0.462. The number of pyridine rings is 1. The first kappa shape index (κ1) is 14.3. The van der Waals surface area contributed by atoms with Crippen molar-refractivity contribution in [3.8, 4) is 0 Å². The molecule has 0 aliphatic carbocycles. The second-order valence-electron chi connectivity index (χ2n) is 4.51. The highest BCUT2D eigenvalue weighted by Crippen LogP contribution is 2.12. The second-order valence-corrected chi connectivity index (χ2v) is 4.51. The highest BCUT2D eigenvalue weighted by atomic mass is 16.5. The summed E-state index contributed by atoms with van der Waals surface area (Å²) in [6.45, 7) is 3.65. The number of ether oxygens (including phenoxy) is 1. The van der Waals surface area contributed by atoms with Crippen molar-refractivity contribution < 1.29 is 19.4 Å². The highest BCUT2D eigenvalue weighted by Gasteiger charge is 2.23. The van der Waals surface area contributed by atoms with Gasteiger partial charge in [-0.15, -0.1) is 0 Å². The summed E-state index contributed by atoms with van der Waals surface area (Å²) < 4.78 is 5.50. The van der Waals surface area contributed by atoms with Crippen LogP contribution < -0.4 is 5.32 Å². The summed E-state index contributed by atoms with van der Waals surface area (Å²) in [5.74, 6) is -1.10. The highest BCUT2D eigenvalue weighted by molar-refractivity contribution is 5.90. The van der Waals surface area contributed by atoms with Gasteiger partial charge in [-0.2, -0.15) is 0 Å². The molecule has 0 bridgehead atoms. The lowest BCUT2D eigenvalue weighted by atomic mass is 10.2. The van der Waals surface area contributed by atoms with E-state index < -0.39 is 5.97 Å². The molecule has 2 rings (SSSR count). The molecule has 0 aromatic carbocycles. The number of rotatable bonds is 3. The van der Waals surface area contributed by atoms with Crippen LogP contribution in [0.3, 0.4) is 0 Å². The van der Waals surface area contributed by atoms with E-state index in [9.17, 15) is 9.59 Å². The van der Waals surface area contributed by atoms with E-state index in [-0.39, 0.29) is 17.8 Å². The number of carbonyl (C=O) groups is 2. The van der Waals surface area contributed by atoms with E-state index in [1.165, 1.54) is 18.3 Å². The van der Waals surface area contributed by atoms with Gasteiger partial charge in [0.15, 0.2) is 0 Å². The zero-order chi connectivity index (χ0) is 14.5. The summed E-state index contributed by atoms with van der Waals surface area (Å²) in [7, 11) is 0. The van der Waals surface area contributed by atoms with Crippen molar-refractivity contribution >= 4 is 17.7 Å². The number of nitrogens with one attached hydrogen (secondary N) is 1. The van der Waals surface area contributed by atoms with Crippen LogP contribution in [0.5, 0.6) is 0 Å². The van der Waals surface area contributed by atoms with E-state index in [2.05, 4.69) is 10.3 Å². The van der Waals surface area contributed by atoms with Crippen LogP contribution in [0.25, 0.3) is 0 Å². The van der Waals surface area contributed by atoms with Gasteiger partial charge in [-0.05, 0) is 18.6 Å². The molecule has 1 atom stereocenters. The molecule has 0 spiro atoms. The number of hydrogen-bond donors (Lipinski definition) is 2. The predicted molar refractivity (Wildman–Crippen MR) is 71.8 cm³/mol. The number of carboxylic acid groups (broad SMARTS) is 1. The van der Waals surface area contributed by atoms with Crippen molar-refractivity contribution in [2.24, 2.45) is 0 Å². The van der Waals surface area contributed by atoms with Crippen molar-refractivity contribution in [3.05, 3.63) is 24.0 Å². The average Bonchev–Trinajstić information content (AvgIpc) is 2.47. The van der Waals surface area contributed by atoms with E-state index in [0.29, 0.717) is 25.4 Å². The summed E-state index contributed by atoms with van der Waals surface area (Å²) in [6, 6.07) is 2.65. The van der Waals surface area contributed by atoms with Crippen LogP contribution >= 0.6 is 0 Å². The molecular formula is C13H17N3O4. The minimum absolute atomic E-state index is 0.0552. The first-order valence-corrected chi connectivity index (χ1v) is 6.47. The molecule has 1 aliphatic heterocycles. The Bertz CT molecular complexity index is 489. The van der Waals surface area contributed by atoms with Crippen molar-refractivity contribution in [1.29, 1.82) is 0 Å². The van der Waals surface area contributed by atoms with Gasteiger partial charge in [0.1, 0.15) is 5.69 Å².